The van der Waals surface area contributed by atoms with Crippen LogP contribution in [0.25, 0.3) is 0 Å². The van der Waals surface area contributed by atoms with Crippen molar-refractivity contribution in [2.45, 2.75) is 56.0 Å². The Balaban J connectivity index is 1.59. The molecule has 162 valence electrons. The monoisotopic (exact) mass is 437 g/mol. The number of likely N-dealkylation sites (tertiary alicyclic amines) is 1. The van der Waals surface area contributed by atoms with Gasteiger partial charge in [-0.05, 0) is 69.7 Å². The molecular weight excluding hydrogens is 414 g/mol. The highest BCUT2D eigenvalue weighted by Gasteiger charge is 2.54. The standard InChI is InChI=1S/C19H23F4NO4S/c1-17(2,3)28-16(25)24-10-18(11-24)8-13(9-18)4-12-5-14(20)7-15(6-12)29(26,27)19(21,22)23/h5-7,13H,4,8-11H2,1-3H3. The number of benzene rings is 1. The molecule has 2 fully saturated rings. The zero-order chi connectivity index (χ0) is 21.8. The number of hydrogen-bond acceptors (Lipinski definition) is 4. The van der Waals surface area contributed by atoms with Crippen molar-refractivity contribution in [2.75, 3.05) is 13.1 Å². The Bertz CT molecular complexity index is 907. The van der Waals surface area contributed by atoms with Crippen molar-refractivity contribution in [1.29, 1.82) is 0 Å². The van der Waals surface area contributed by atoms with E-state index in [1.807, 2.05) is 0 Å². The van der Waals surface area contributed by atoms with Crippen LogP contribution in [0.3, 0.4) is 0 Å². The van der Waals surface area contributed by atoms with E-state index in [2.05, 4.69) is 0 Å². The van der Waals surface area contributed by atoms with Crippen molar-refractivity contribution in [3.05, 3.63) is 29.6 Å². The normalized spacial score (nSPS) is 19.6. The van der Waals surface area contributed by atoms with Crippen LogP contribution in [0.5, 0.6) is 0 Å². The van der Waals surface area contributed by atoms with Crippen LogP contribution < -0.4 is 0 Å². The lowest BCUT2D eigenvalue weighted by atomic mass is 9.56. The molecule has 3 rings (SSSR count). The van der Waals surface area contributed by atoms with Crippen LogP contribution in [0.2, 0.25) is 0 Å². The van der Waals surface area contributed by atoms with Crippen LogP contribution in [0.4, 0.5) is 22.4 Å². The van der Waals surface area contributed by atoms with E-state index in [4.69, 9.17) is 4.74 Å². The number of carbonyl (C=O) groups excluding carboxylic acids is 1. The van der Waals surface area contributed by atoms with E-state index in [1.165, 1.54) is 0 Å². The van der Waals surface area contributed by atoms with Gasteiger partial charge in [-0.15, -0.1) is 0 Å². The van der Waals surface area contributed by atoms with Crippen LogP contribution >= 0.6 is 0 Å². The Morgan fingerprint density at radius 3 is 2.28 bits per heavy atom. The van der Waals surface area contributed by atoms with Crippen LogP contribution in [0.1, 0.15) is 39.2 Å². The molecule has 29 heavy (non-hydrogen) atoms. The van der Waals surface area contributed by atoms with Crippen molar-refractivity contribution >= 4 is 15.9 Å². The summed E-state index contributed by atoms with van der Waals surface area (Å²) in [5.74, 6) is -0.918. The number of rotatable bonds is 3. The smallest absolute Gasteiger partial charge is 0.444 e. The predicted octanol–water partition coefficient (Wildman–Crippen LogP) is 4.31. The van der Waals surface area contributed by atoms with Crippen LogP contribution in [0.15, 0.2) is 23.1 Å². The fourth-order valence-corrected chi connectivity index (χ4v) is 4.99. The van der Waals surface area contributed by atoms with Crippen molar-refractivity contribution in [1.82, 2.24) is 4.90 Å². The first-order valence-electron chi connectivity index (χ1n) is 9.19. The molecule has 1 aromatic carbocycles. The van der Waals surface area contributed by atoms with E-state index < -0.39 is 31.7 Å². The Morgan fingerprint density at radius 1 is 1.17 bits per heavy atom. The van der Waals surface area contributed by atoms with Gasteiger partial charge in [0, 0.05) is 18.5 Å². The quantitative estimate of drug-likeness (QED) is 0.661. The summed E-state index contributed by atoms with van der Waals surface area (Å²) >= 11 is 0. The molecule has 1 heterocycles. The molecule has 1 spiro atoms. The number of amides is 1. The summed E-state index contributed by atoms with van der Waals surface area (Å²) in [5, 5.41) is 0. The van der Waals surface area contributed by atoms with Crippen molar-refractivity contribution in [3.63, 3.8) is 0 Å². The Hall–Kier alpha value is -1.84. The van der Waals surface area contributed by atoms with Gasteiger partial charge in [-0.25, -0.2) is 17.6 Å². The van der Waals surface area contributed by atoms with E-state index in [0.717, 1.165) is 25.0 Å². The third-order valence-corrected chi connectivity index (χ3v) is 6.68. The Morgan fingerprint density at radius 2 is 1.76 bits per heavy atom. The fourth-order valence-electron chi connectivity index (χ4n) is 4.15. The maximum absolute atomic E-state index is 13.7. The second-order valence-electron chi connectivity index (χ2n) is 9.06. The van der Waals surface area contributed by atoms with E-state index >= 15 is 0 Å². The van der Waals surface area contributed by atoms with Crippen molar-refractivity contribution in [2.24, 2.45) is 11.3 Å². The summed E-state index contributed by atoms with van der Waals surface area (Å²) in [5.41, 5.74) is -5.87. The molecule has 0 aromatic heterocycles. The van der Waals surface area contributed by atoms with Gasteiger partial charge in [0.15, 0.2) is 0 Å². The first-order chi connectivity index (χ1) is 13.1. The van der Waals surface area contributed by atoms with Crippen molar-refractivity contribution in [3.8, 4) is 0 Å². The van der Waals surface area contributed by atoms with Gasteiger partial charge in [-0.1, -0.05) is 0 Å². The second-order valence-corrected chi connectivity index (χ2v) is 11.0. The lowest BCUT2D eigenvalue weighted by Crippen LogP contribution is -2.64. The number of hydrogen-bond donors (Lipinski definition) is 0. The van der Waals surface area contributed by atoms with Gasteiger partial charge in [-0.3, -0.25) is 0 Å². The van der Waals surface area contributed by atoms with Gasteiger partial charge in [-0.2, -0.15) is 13.2 Å². The van der Waals surface area contributed by atoms with Gasteiger partial charge in [0.25, 0.3) is 9.84 Å². The van der Waals surface area contributed by atoms with E-state index in [9.17, 15) is 30.8 Å². The second kappa shape index (κ2) is 6.85. The van der Waals surface area contributed by atoms with Crippen LogP contribution in [-0.2, 0) is 21.0 Å². The molecule has 1 saturated heterocycles. The molecule has 1 aliphatic heterocycles. The maximum Gasteiger partial charge on any atom is 0.501 e. The Labute approximate surface area is 166 Å². The molecule has 1 amide bonds. The lowest BCUT2D eigenvalue weighted by Gasteiger charge is -2.59. The summed E-state index contributed by atoms with van der Waals surface area (Å²) in [7, 11) is -5.59. The third-order valence-electron chi connectivity index (χ3n) is 5.22. The van der Waals surface area contributed by atoms with Gasteiger partial charge in [0.1, 0.15) is 11.4 Å². The number of halogens is 4. The van der Waals surface area contributed by atoms with E-state index in [1.54, 1.807) is 25.7 Å². The molecule has 0 unspecified atom stereocenters. The largest absolute Gasteiger partial charge is 0.501 e. The zero-order valence-electron chi connectivity index (χ0n) is 16.3. The van der Waals surface area contributed by atoms with E-state index in [0.29, 0.717) is 19.2 Å². The van der Waals surface area contributed by atoms with Gasteiger partial charge >= 0.3 is 11.6 Å². The number of ether oxygens (including phenoxy) is 1. The first-order valence-corrected chi connectivity index (χ1v) is 10.7. The third kappa shape index (κ3) is 4.51. The Kier molecular flexibility index (Phi) is 5.16. The fraction of sp³-hybridized carbons (Fsp3) is 0.632. The van der Waals surface area contributed by atoms with Gasteiger partial charge < -0.3 is 9.64 Å². The SMILES string of the molecule is CC(C)(C)OC(=O)N1CC2(CC(Cc3cc(F)cc(S(=O)(=O)C(F)(F)F)c3)C2)C1. The number of alkyl halides is 3. The number of sulfone groups is 1. The van der Waals surface area contributed by atoms with Crippen LogP contribution in [-0.4, -0.2) is 43.6 Å². The molecule has 1 saturated carbocycles. The number of nitrogens with zero attached hydrogens (tertiary/aromatic N) is 1. The zero-order valence-corrected chi connectivity index (χ0v) is 17.2. The average Bonchev–Trinajstić information content (AvgIpc) is 2.44. The highest BCUT2D eigenvalue weighted by Crippen LogP contribution is 2.53. The summed E-state index contributed by atoms with van der Waals surface area (Å²) in [6, 6.07) is 2.35. The molecule has 0 N–H and O–H groups in total. The average molecular weight is 437 g/mol. The summed E-state index contributed by atoms with van der Waals surface area (Å²) < 4.78 is 80.3. The van der Waals surface area contributed by atoms with Gasteiger partial charge in [0.2, 0.25) is 0 Å². The molecular formula is C19H23F4NO4S. The molecule has 1 aromatic rings. The molecule has 0 radical (unpaired) electrons. The predicted molar refractivity (Wildman–Crippen MR) is 96.3 cm³/mol. The molecule has 10 heteroatoms. The minimum absolute atomic E-state index is 0.0320. The topological polar surface area (TPSA) is 63.7 Å². The number of carbonyl (C=O) groups is 1. The minimum atomic E-state index is -5.59. The highest BCUT2D eigenvalue weighted by atomic mass is 32.2. The molecule has 2 aliphatic rings. The highest BCUT2D eigenvalue weighted by molar-refractivity contribution is 7.92. The molecule has 0 bridgehead atoms. The van der Waals surface area contributed by atoms with Crippen molar-refractivity contribution < 1.29 is 35.5 Å². The molecule has 0 atom stereocenters. The van der Waals surface area contributed by atoms with E-state index in [-0.39, 0.29) is 29.4 Å². The maximum atomic E-state index is 13.7. The van der Waals surface area contributed by atoms with Gasteiger partial charge in [0.05, 0.1) is 4.90 Å². The summed E-state index contributed by atoms with van der Waals surface area (Å²) in [6.45, 7) is 6.45. The molecule has 5 nitrogen and oxygen atoms in total. The summed E-state index contributed by atoms with van der Waals surface area (Å²) in [6.07, 6.45) is 1.39. The summed E-state index contributed by atoms with van der Waals surface area (Å²) in [4.78, 5) is 12.5. The lowest BCUT2D eigenvalue weighted by molar-refractivity contribution is -0.0947. The first kappa shape index (κ1) is 21.9. The molecule has 1 aliphatic carbocycles. The van der Waals surface area contributed by atoms with Crippen LogP contribution in [0, 0.1) is 17.2 Å². The minimum Gasteiger partial charge on any atom is -0.444 e.